The molecule has 1 aliphatic heterocycles. The second-order valence-corrected chi connectivity index (χ2v) is 5.63. The van der Waals surface area contributed by atoms with Crippen molar-refractivity contribution in [2.24, 2.45) is 0 Å². The van der Waals surface area contributed by atoms with E-state index in [4.69, 9.17) is 4.52 Å². The summed E-state index contributed by atoms with van der Waals surface area (Å²) >= 11 is 0. The smallest absolute Gasteiger partial charge is 0.258 e. The van der Waals surface area contributed by atoms with Crippen LogP contribution in [0.3, 0.4) is 0 Å². The summed E-state index contributed by atoms with van der Waals surface area (Å²) in [5.41, 5.74) is 0.813. The minimum Gasteiger partial charge on any atom is -0.347 e. The fourth-order valence-electron chi connectivity index (χ4n) is 2.72. The molecule has 1 amide bonds. The van der Waals surface area contributed by atoms with Gasteiger partial charge >= 0.3 is 0 Å². The van der Waals surface area contributed by atoms with Crippen LogP contribution in [0.5, 0.6) is 0 Å². The van der Waals surface area contributed by atoms with Crippen molar-refractivity contribution in [2.75, 3.05) is 25.5 Å². The predicted molar refractivity (Wildman–Crippen MR) is 81.3 cm³/mol. The van der Waals surface area contributed by atoms with Gasteiger partial charge in [0.2, 0.25) is 5.91 Å². The topological polar surface area (TPSA) is 75.4 Å². The van der Waals surface area contributed by atoms with Crippen LogP contribution in [0, 0.1) is 6.92 Å². The van der Waals surface area contributed by atoms with Gasteiger partial charge in [-0.15, -0.1) is 0 Å². The summed E-state index contributed by atoms with van der Waals surface area (Å²) in [5.74, 6) is 1.94. The third-order valence-electron chi connectivity index (χ3n) is 3.79. The number of aromatic nitrogens is 3. The molecule has 0 spiro atoms. The molecule has 3 heterocycles. The molecule has 116 valence electrons. The monoisotopic (exact) mass is 301 g/mol. The predicted octanol–water partition coefficient (Wildman–Crippen LogP) is 1.50. The van der Waals surface area contributed by atoms with Gasteiger partial charge in [-0.1, -0.05) is 5.16 Å². The number of hydrogen-bond acceptors (Lipinski definition) is 6. The van der Waals surface area contributed by atoms with E-state index in [2.05, 4.69) is 20.0 Å². The van der Waals surface area contributed by atoms with Crippen molar-refractivity contribution in [3.8, 4) is 11.5 Å². The first-order chi connectivity index (χ1) is 10.6. The lowest BCUT2D eigenvalue weighted by Crippen LogP contribution is -2.43. The van der Waals surface area contributed by atoms with Gasteiger partial charge in [0, 0.05) is 32.4 Å². The Morgan fingerprint density at radius 2 is 2.27 bits per heavy atom. The molecule has 1 atom stereocenters. The van der Waals surface area contributed by atoms with Gasteiger partial charge in [0.05, 0.1) is 0 Å². The zero-order valence-corrected chi connectivity index (χ0v) is 13.0. The van der Waals surface area contributed by atoms with Crippen LogP contribution in [-0.4, -0.2) is 52.6 Å². The Labute approximate surface area is 128 Å². The fourth-order valence-corrected chi connectivity index (χ4v) is 2.72. The molecule has 1 unspecified atom stereocenters. The van der Waals surface area contributed by atoms with Gasteiger partial charge in [0.25, 0.3) is 5.89 Å². The maximum atomic E-state index is 12.3. The first kappa shape index (κ1) is 14.5. The lowest BCUT2D eigenvalue weighted by Gasteiger charge is -2.27. The maximum Gasteiger partial charge on any atom is 0.258 e. The second kappa shape index (κ2) is 5.75. The zero-order chi connectivity index (χ0) is 15.7. The van der Waals surface area contributed by atoms with Gasteiger partial charge in [0.15, 0.2) is 5.82 Å². The van der Waals surface area contributed by atoms with E-state index < -0.39 is 0 Å². The summed E-state index contributed by atoms with van der Waals surface area (Å²) in [6.07, 6.45) is 3.54. The average Bonchev–Trinajstić information content (AvgIpc) is 3.15. The van der Waals surface area contributed by atoms with Crippen LogP contribution in [0.2, 0.25) is 0 Å². The standard InChI is InChI=1S/C15H19N5O2/c1-10-17-14(22-18-10)11-6-7-16-13(9-11)20-8-4-5-12(20)15(21)19(2)3/h6-7,9,12H,4-5,8H2,1-3H3. The van der Waals surface area contributed by atoms with E-state index in [0.717, 1.165) is 30.8 Å². The molecule has 0 saturated carbocycles. The van der Waals surface area contributed by atoms with Crippen LogP contribution < -0.4 is 4.90 Å². The largest absolute Gasteiger partial charge is 0.347 e. The van der Waals surface area contributed by atoms with Crippen molar-refractivity contribution in [1.29, 1.82) is 0 Å². The molecule has 2 aromatic rings. The van der Waals surface area contributed by atoms with Gasteiger partial charge < -0.3 is 14.3 Å². The quantitative estimate of drug-likeness (QED) is 0.855. The molecular weight excluding hydrogens is 282 g/mol. The fraction of sp³-hybridized carbons (Fsp3) is 0.467. The minimum atomic E-state index is -0.151. The molecule has 3 rings (SSSR count). The summed E-state index contributed by atoms with van der Waals surface area (Å²) in [6, 6.07) is 3.57. The first-order valence-electron chi connectivity index (χ1n) is 7.31. The highest BCUT2D eigenvalue weighted by Crippen LogP contribution is 2.28. The molecule has 0 bridgehead atoms. The van der Waals surface area contributed by atoms with Crippen LogP contribution in [0.4, 0.5) is 5.82 Å². The molecular formula is C15H19N5O2. The van der Waals surface area contributed by atoms with Crippen molar-refractivity contribution < 1.29 is 9.32 Å². The first-order valence-corrected chi connectivity index (χ1v) is 7.31. The molecule has 0 N–H and O–H groups in total. The van der Waals surface area contributed by atoms with Crippen LogP contribution in [-0.2, 0) is 4.79 Å². The number of pyridine rings is 1. The SMILES string of the molecule is Cc1noc(-c2ccnc(N3CCCC3C(=O)N(C)C)c2)n1. The molecule has 22 heavy (non-hydrogen) atoms. The highest BCUT2D eigenvalue weighted by molar-refractivity contribution is 5.85. The Kier molecular flexibility index (Phi) is 3.79. The molecule has 7 nitrogen and oxygen atoms in total. The van der Waals surface area contributed by atoms with E-state index in [9.17, 15) is 4.79 Å². The van der Waals surface area contributed by atoms with Gasteiger partial charge in [-0.05, 0) is 31.9 Å². The van der Waals surface area contributed by atoms with E-state index in [1.807, 2.05) is 12.1 Å². The van der Waals surface area contributed by atoms with Crippen LogP contribution >= 0.6 is 0 Å². The number of carbonyl (C=O) groups is 1. The highest BCUT2D eigenvalue weighted by Gasteiger charge is 2.32. The molecule has 0 aromatic carbocycles. The summed E-state index contributed by atoms with van der Waals surface area (Å²) in [6.45, 7) is 2.60. The zero-order valence-electron chi connectivity index (χ0n) is 13.0. The van der Waals surface area contributed by atoms with Gasteiger partial charge in [-0.2, -0.15) is 4.98 Å². The third kappa shape index (κ3) is 2.66. The Morgan fingerprint density at radius 3 is 2.95 bits per heavy atom. The number of nitrogens with zero attached hydrogens (tertiary/aromatic N) is 5. The summed E-state index contributed by atoms with van der Waals surface area (Å²) in [7, 11) is 3.56. The van der Waals surface area contributed by atoms with E-state index in [1.165, 1.54) is 0 Å². The number of likely N-dealkylation sites (N-methyl/N-ethyl adjacent to an activating group) is 1. The molecule has 2 aromatic heterocycles. The highest BCUT2D eigenvalue weighted by atomic mass is 16.5. The minimum absolute atomic E-state index is 0.110. The normalized spacial score (nSPS) is 17.8. The van der Waals surface area contributed by atoms with Gasteiger partial charge in [0.1, 0.15) is 11.9 Å². The Balaban J connectivity index is 1.90. The van der Waals surface area contributed by atoms with E-state index in [1.54, 1.807) is 32.1 Å². The van der Waals surface area contributed by atoms with Gasteiger partial charge in [-0.3, -0.25) is 4.79 Å². The summed E-state index contributed by atoms with van der Waals surface area (Å²) in [4.78, 5) is 24.6. The van der Waals surface area contributed by atoms with Crippen LogP contribution in [0.25, 0.3) is 11.5 Å². The molecule has 1 aliphatic rings. The number of anilines is 1. The summed E-state index contributed by atoms with van der Waals surface area (Å²) < 4.78 is 5.20. The second-order valence-electron chi connectivity index (χ2n) is 5.63. The van der Waals surface area contributed by atoms with Crippen molar-refractivity contribution in [2.45, 2.75) is 25.8 Å². The van der Waals surface area contributed by atoms with E-state index in [0.29, 0.717) is 11.7 Å². The van der Waals surface area contributed by atoms with Crippen LogP contribution in [0.15, 0.2) is 22.9 Å². The van der Waals surface area contributed by atoms with Crippen molar-refractivity contribution in [1.82, 2.24) is 20.0 Å². The molecule has 1 fully saturated rings. The third-order valence-corrected chi connectivity index (χ3v) is 3.79. The Morgan fingerprint density at radius 1 is 1.45 bits per heavy atom. The molecule has 0 radical (unpaired) electrons. The molecule has 0 aliphatic carbocycles. The number of amides is 1. The average molecular weight is 301 g/mol. The van der Waals surface area contributed by atoms with Crippen molar-refractivity contribution in [3.63, 3.8) is 0 Å². The Hall–Kier alpha value is -2.44. The number of carbonyl (C=O) groups excluding carboxylic acids is 1. The number of hydrogen-bond donors (Lipinski definition) is 0. The number of aryl methyl sites for hydroxylation is 1. The lowest BCUT2D eigenvalue weighted by atomic mass is 10.2. The maximum absolute atomic E-state index is 12.3. The van der Waals surface area contributed by atoms with E-state index >= 15 is 0 Å². The van der Waals surface area contributed by atoms with E-state index in [-0.39, 0.29) is 11.9 Å². The van der Waals surface area contributed by atoms with Crippen molar-refractivity contribution in [3.05, 3.63) is 24.2 Å². The summed E-state index contributed by atoms with van der Waals surface area (Å²) in [5, 5.41) is 3.81. The number of rotatable bonds is 3. The van der Waals surface area contributed by atoms with Crippen molar-refractivity contribution >= 4 is 11.7 Å². The molecule has 1 saturated heterocycles. The van der Waals surface area contributed by atoms with Crippen LogP contribution in [0.1, 0.15) is 18.7 Å². The Bertz CT molecular complexity index is 682. The van der Waals surface area contributed by atoms with Gasteiger partial charge in [-0.25, -0.2) is 4.98 Å². The molecule has 7 heteroatoms. The lowest BCUT2D eigenvalue weighted by molar-refractivity contribution is -0.129.